The van der Waals surface area contributed by atoms with Crippen LogP contribution in [0.5, 0.6) is 5.75 Å². The maximum atomic E-state index is 13.4. The third-order valence-corrected chi connectivity index (χ3v) is 7.35. The number of nitrogens with zero attached hydrogens (tertiary/aromatic N) is 2. The first-order valence-electron chi connectivity index (χ1n) is 10.3. The van der Waals surface area contributed by atoms with E-state index in [4.69, 9.17) is 27.9 Å². The van der Waals surface area contributed by atoms with Gasteiger partial charge in [0.25, 0.3) is 0 Å². The van der Waals surface area contributed by atoms with Crippen LogP contribution in [-0.2, 0) is 34.9 Å². The molecule has 1 aromatic heterocycles. The van der Waals surface area contributed by atoms with E-state index < -0.39 is 22.4 Å². The molecule has 3 rings (SSSR count). The Balaban J connectivity index is 2.27. The van der Waals surface area contributed by atoms with Gasteiger partial charge >= 0.3 is 5.97 Å². The Bertz CT molecular complexity index is 1230. The highest BCUT2D eigenvalue weighted by Crippen LogP contribution is 2.37. The number of esters is 1. The second kappa shape index (κ2) is 9.66. The molecule has 6 nitrogen and oxygen atoms in total. The molecule has 0 amide bonds. The van der Waals surface area contributed by atoms with Crippen molar-refractivity contribution in [1.29, 1.82) is 0 Å². The summed E-state index contributed by atoms with van der Waals surface area (Å²) in [6.45, 7) is 5.77. The quantitative estimate of drug-likeness (QED) is 0.442. The van der Waals surface area contributed by atoms with Gasteiger partial charge in [-0.05, 0) is 59.1 Å². The van der Waals surface area contributed by atoms with Crippen LogP contribution in [0, 0.1) is 0 Å². The van der Waals surface area contributed by atoms with Crippen LogP contribution in [0.15, 0.2) is 35.2 Å². The third-order valence-electron chi connectivity index (χ3n) is 5.06. The number of rotatable bonds is 6. The molecule has 0 radical (unpaired) electrons. The molecule has 33 heavy (non-hydrogen) atoms. The Kier molecular flexibility index (Phi) is 7.49. The number of phenols is 1. The number of carbonyl (C=O) groups excluding carboxylic acids is 1. The van der Waals surface area contributed by atoms with E-state index in [2.05, 4.69) is 0 Å². The van der Waals surface area contributed by atoms with E-state index in [-0.39, 0.29) is 17.1 Å². The fourth-order valence-electron chi connectivity index (χ4n) is 3.73. The number of fused-ring (bicyclic) bond motifs is 1. The number of carbonyl (C=O) groups is 1. The highest BCUT2D eigenvalue weighted by molar-refractivity contribution is 7.84. The predicted molar refractivity (Wildman–Crippen MR) is 134 cm³/mol. The van der Waals surface area contributed by atoms with E-state index >= 15 is 0 Å². The number of benzene rings is 2. The van der Waals surface area contributed by atoms with Crippen molar-refractivity contribution in [3.8, 4) is 5.75 Å². The molecule has 0 aliphatic rings. The maximum absolute atomic E-state index is 13.4. The first-order chi connectivity index (χ1) is 15.3. The molecule has 0 spiro atoms. The Hall–Kier alpha value is -2.06. The smallest absolute Gasteiger partial charge is 0.341 e. The van der Waals surface area contributed by atoms with Crippen LogP contribution in [0.1, 0.15) is 42.4 Å². The van der Waals surface area contributed by atoms with Gasteiger partial charge in [0.1, 0.15) is 11.4 Å². The van der Waals surface area contributed by atoms with Crippen molar-refractivity contribution < 1.29 is 18.8 Å². The minimum absolute atomic E-state index is 0.00856. The fraction of sp³-hybridized carbons (Fsp3) is 0.375. The molecule has 1 atom stereocenters. The summed E-state index contributed by atoms with van der Waals surface area (Å²) in [6.07, 6.45) is 0. The minimum atomic E-state index is -1.63. The highest BCUT2D eigenvalue weighted by Gasteiger charge is 2.30. The van der Waals surface area contributed by atoms with Gasteiger partial charge in [0, 0.05) is 35.8 Å². The zero-order valence-electron chi connectivity index (χ0n) is 19.5. The standard InChI is InChI=1S/C24H28Cl2N2O4S/c1-24(2,3)32-23(30)21-18(13-33(31)22-15(25)8-7-9-16(22)26)28(6)17-10-11-19(29)14(20(17)21)12-27(4)5/h7-11,29H,12-13H2,1-6H3. The molecule has 1 N–H and O–H groups in total. The van der Waals surface area contributed by atoms with Gasteiger partial charge in [0.15, 0.2) is 0 Å². The lowest BCUT2D eigenvalue weighted by atomic mass is 10.0. The van der Waals surface area contributed by atoms with E-state index in [1.54, 1.807) is 58.2 Å². The van der Waals surface area contributed by atoms with Gasteiger partial charge in [-0.2, -0.15) is 0 Å². The summed E-state index contributed by atoms with van der Waals surface area (Å²) in [5, 5.41) is 11.8. The number of phenolic OH excluding ortho intramolecular Hbond substituents is 1. The molecule has 1 heterocycles. The van der Waals surface area contributed by atoms with Gasteiger partial charge in [-0.1, -0.05) is 29.3 Å². The van der Waals surface area contributed by atoms with Gasteiger partial charge in [-0.25, -0.2) is 4.79 Å². The van der Waals surface area contributed by atoms with Crippen LogP contribution < -0.4 is 0 Å². The van der Waals surface area contributed by atoms with Crippen LogP contribution in [-0.4, -0.2) is 44.4 Å². The lowest BCUT2D eigenvalue weighted by Gasteiger charge is -2.20. The van der Waals surface area contributed by atoms with Crippen molar-refractivity contribution in [3.05, 3.63) is 57.2 Å². The summed E-state index contributed by atoms with van der Waals surface area (Å²) in [6, 6.07) is 8.29. The van der Waals surface area contributed by atoms with Crippen LogP contribution in [0.3, 0.4) is 0 Å². The van der Waals surface area contributed by atoms with Crippen molar-refractivity contribution in [2.75, 3.05) is 14.1 Å². The van der Waals surface area contributed by atoms with E-state index in [1.807, 2.05) is 23.6 Å². The zero-order valence-corrected chi connectivity index (χ0v) is 21.9. The normalized spacial score (nSPS) is 13.0. The van der Waals surface area contributed by atoms with Crippen LogP contribution in [0.4, 0.5) is 0 Å². The Labute approximate surface area is 206 Å². The summed E-state index contributed by atoms with van der Waals surface area (Å²) in [5.74, 6) is -0.477. The molecule has 9 heteroatoms. The molecular formula is C24H28Cl2N2O4S. The largest absolute Gasteiger partial charge is 0.508 e. The van der Waals surface area contributed by atoms with E-state index in [0.29, 0.717) is 38.1 Å². The monoisotopic (exact) mass is 510 g/mol. The number of ether oxygens (including phenoxy) is 1. The molecule has 1 unspecified atom stereocenters. The summed E-state index contributed by atoms with van der Waals surface area (Å²) >= 11 is 12.6. The van der Waals surface area contributed by atoms with E-state index in [0.717, 1.165) is 5.52 Å². The third kappa shape index (κ3) is 5.38. The van der Waals surface area contributed by atoms with Gasteiger partial charge in [0.05, 0.1) is 37.1 Å². The number of aromatic nitrogens is 1. The lowest BCUT2D eigenvalue weighted by molar-refractivity contribution is 0.00706. The Morgan fingerprint density at radius 2 is 1.76 bits per heavy atom. The van der Waals surface area contributed by atoms with Gasteiger partial charge in [0.2, 0.25) is 0 Å². The second-order valence-corrected chi connectivity index (χ2v) is 11.3. The number of hydrogen-bond donors (Lipinski definition) is 1. The van der Waals surface area contributed by atoms with Gasteiger partial charge < -0.3 is 19.3 Å². The van der Waals surface area contributed by atoms with Crippen molar-refractivity contribution in [2.24, 2.45) is 7.05 Å². The number of aryl methyl sites for hydroxylation is 1. The molecule has 0 saturated heterocycles. The van der Waals surface area contributed by atoms with Crippen molar-refractivity contribution in [1.82, 2.24) is 9.47 Å². The molecule has 0 bridgehead atoms. The summed E-state index contributed by atoms with van der Waals surface area (Å²) in [5.41, 5.74) is 1.38. The maximum Gasteiger partial charge on any atom is 0.341 e. The van der Waals surface area contributed by atoms with Crippen LogP contribution in [0.2, 0.25) is 10.0 Å². The van der Waals surface area contributed by atoms with Crippen molar-refractivity contribution in [3.63, 3.8) is 0 Å². The van der Waals surface area contributed by atoms with E-state index in [9.17, 15) is 14.1 Å². The average Bonchev–Trinajstić information content (AvgIpc) is 2.94. The Morgan fingerprint density at radius 3 is 2.30 bits per heavy atom. The fourth-order valence-corrected chi connectivity index (χ4v) is 5.95. The molecule has 2 aromatic carbocycles. The van der Waals surface area contributed by atoms with Crippen molar-refractivity contribution >= 4 is 50.9 Å². The molecule has 3 aromatic rings. The van der Waals surface area contributed by atoms with E-state index in [1.165, 1.54) is 0 Å². The molecule has 0 aliphatic heterocycles. The summed E-state index contributed by atoms with van der Waals surface area (Å²) in [7, 11) is 3.92. The summed E-state index contributed by atoms with van der Waals surface area (Å²) in [4.78, 5) is 15.6. The van der Waals surface area contributed by atoms with Crippen molar-refractivity contribution in [2.45, 2.75) is 43.6 Å². The molecule has 0 aliphatic carbocycles. The number of halogens is 2. The summed E-state index contributed by atoms with van der Waals surface area (Å²) < 4.78 is 20.9. The highest BCUT2D eigenvalue weighted by atomic mass is 35.5. The van der Waals surface area contributed by atoms with Gasteiger partial charge in [-0.3, -0.25) is 4.21 Å². The Morgan fingerprint density at radius 1 is 1.15 bits per heavy atom. The first-order valence-corrected chi connectivity index (χ1v) is 12.4. The first kappa shape index (κ1) is 25.6. The van der Waals surface area contributed by atoms with Gasteiger partial charge in [-0.15, -0.1) is 0 Å². The molecule has 0 fully saturated rings. The minimum Gasteiger partial charge on any atom is -0.508 e. The lowest BCUT2D eigenvalue weighted by Crippen LogP contribution is -2.25. The second-order valence-electron chi connectivity index (χ2n) is 9.12. The SMILES string of the molecule is CN(C)Cc1c(O)ccc2c1c(C(=O)OC(C)(C)C)c(CS(=O)c1c(Cl)cccc1Cl)n2C. The number of hydrogen-bond acceptors (Lipinski definition) is 5. The molecule has 178 valence electrons. The van der Waals surface area contributed by atoms with Crippen LogP contribution in [0.25, 0.3) is 10.9 Å². The molecule has 0 saturated carbocycles. The molecular weight excluding hydrogens is 483 g/mol. The zero-order chi connectivity index (χ0) is 24.7. The topological polar surface area (TPSA) is 71.8 Å². The predicted octanol–water partition coefficient (Wildman–Crippen LogP) is 5.52. The van der Waals surface area contributed by atoms with Crippen LogP contribution >= 0.6 is 23.2 Å². The average molecular weight is 511 g/mol. The number of aromatic hydroxyl groups is 1.